The predicted octanol–water partition coefficient (Wildman–Crippen LogP) is 6.03. The minimum absolute atomic E-state index is 0.00773. The Morgan fingerprint density at radius 3 is 2.20 bits per heavy atom. The topological polar surface area (TPSA) is 75.7 Å². The summed E-state index contributed by atoms with van der Waals surface area (Å²) in [5.74, 6) is -0.569. The Kier molecular flexibility index (Phi) is 9.33. The lowest BCUT2D eigenvalue weighted by Crippen LogP contribution is -2.33. The van der Waals surface area contributed by atoms with Crippen LogP contribution in [-0.2, 0) is 27.3 Å². The van der Waals surface area contributed by atoms with E-state index in [-0.39, 0.29) is 35.6 Å². The number of sulfone groups is 1. The molecule has 0 aromatic heterocycles. The lowest BCUT2D eigenvalue weighted by Gasteiger charge is -2.26. The van der Waals surface area contributed by atoms with Crippen molar-refractivity contribution < 1.29 is 39.9 Å². The van der Waals surface area contributed by atoms with Gasteiger partial charge in [0, 0.05) is 30.3 Å². The van der Waals surface area contributed by atoms with Gasteiger partial charge in [-0.05, 0) is 66.1 Å². The summed E-state index contributed by atoms with van der Waals surface area (Å²) in [5, 5.41) is 2.78. The smallest absolute Gasteiger partial charge is 0.366 e. The molecule has 0 bridgehead atoms. The summed E-state index contributed by atoms with van der Waals surface area (Å²) in [7, 11) is -3.32. The minimum Gasteiger partial charge on any atom is -0.366 e. The van der Waals surface area contributed by atoms with Crippen molar-refractivity contribution in [2.75, 3.05) is 23.8 Å². The molecule has 1 N–H and O–H groups in total. The van der Waals surface area contributed by atoms with Gasteiger partial charge < -0.3 is 15.0 Å². The fourth-order valence-electron chi connectivity index (χ4n) is 4.83. The molecule has 1 heterocycles. The van der Waals surface area contributed by atoms with Crippen LogP contribution in [0, 0.1) is 0 Å². The van der Waals surface area contributed by atoms with Crippen LogP contribution in [0.3, 0.4) is 0 Å². The molecule has 0 spiro atoms. The molecule has 0 radical (unpaired) electrons. The fourth-order valence-corrected chi connectivity index (χ4v) is 5.71. The van der Waals surface area contributed by atoms with Crippen molar-refractivity contribution in [2.45, 2.75) is 49.5 Å². The third kappa shape index (κ3) is 7.62. The average molecular weight is 597 g/mol. The summed E-state index contributed by atoms with van der Waals surface area (Å²) < 4.78 is 93.0. The molecule has 0 aliphatic carbocycles. The molecule has 0 saturated carbocycles. The summed E-state index contributed by atoms with van der Waals surface area (Å²) >= 11 is 0. The van der Waals surface area contributed by atoms with Crippen molar-refractivity contribution >= 4 is 21.4 Å². The van der Waals surface area contributed by atoms with Gasteiger partial charge in [0.2, 0.25) is 0 Å². The number of halogens is 5. The molecule has 1 unspecified atom stereocenters. The monoisotopic (exact) mass is 596 g/mol. The average Bonchev–Trinajstić information content (AvgIpc) is 3.39. The number of alkyl halides is 5. The zero-order chi connectivity index (χ0) is 29.8. The second-order valence-corrected chi connectivity index (χ2v) is 12.0. The summed E-state index contributed by atoms with van der Waals surface area (Å²) in [6.07, 6.45) is -4.05. The Bertz CT molecular complexity index is 1430. The number of amides is 1. The first-order chi connectivity index (χ1) is 19.4. The maximum absolute atomic E-state index is 13.0. The molecule has 1 fully saturated rings. The quantitative estimate of drug-likeness (QED) is 0.290. The summed E-state index contributed by atoms with van der Waals surface area (Å²) in [5.41, 5.74) is 1.64. The second kappa shape index (κ2) is 12.6. The van der Waals surface area contributed by atoms with Gasteiger partial charge in [0.05, 0.1) is 28.9 Å². The van der Waals surface area contributed by atoms with E-state index in [1.54, 1.807) is 43.3 Å². The van der Waals surface area contributed by atoms with Crippen LogP contribution in [0.5, 0.6) is 0 Å². The third-order valence-corrected chi connectivity index (χ3v) is 8.87. The van der Waals surface area contributed by atoms with Crippen molar-refractivity contribution in [3.8, 4) is 0 Å². The highest BCUT2D eigenvalue weighted by atomic mass is 32.2. The van der Waals surface area contributed by atoms with E-state index >= 15 is 0 Å². The van der Waals surface area contributed by atoms with E-state index in [9.17, 15) is 35.2 Å². The van der Waals surface area contributed by atoms with Gasteiger partial charge in [-0.2, -0.15) is 22.0 Å². The third-order valence-electron chi connectivity index (χ3n) is 7.12. The molecule has 6 nitrogen and oxygen atoms in total. The van der Waals surface area contributed by atoms with Gasteiger partial charge in [-0.3, -0.25) is 4.79 Å². The van der Waals surface area contributed by atoms with E-state index in [0.29, 0.717) is 29.8 Å². The van der Waals surface area contributed by atoms with Gasteiger partial charge in [0.15, 0.2) is 9.84 Å². The fraction of sp³-hybridized carbons (Fsp3) is 0.345. The Hall–Kier alpha value is -3.51. The van der Waals surface area contributed by atoms with Crippen LogP contribution in [0.4, 0.5) is 27.6 Å². The van der Waals surface area contributed by atoms with Crippen LogP contribution in [0.15, 0.2) is 77.7 Å². The highest BCUT2D eigenvalue weighted by Gasteiger charge is 2.35. The van der Waals surface area contributed by atoms with Crippen molar-refractivity contribution in [1.82, 2.24) is 5.32 Å². The minimum atomic E-state index is -4.45. The van der Waals surface area contributed by atoms with Crippen molar-refractivity contribution in [2.24, 2.45) is 0 Å². The van der Waals surface area contributed by atoms with Crippen LogP contribution in [0.2, 0.25) is 0 Å². The van der Waals surface area contributed by atoms with E-state index in [1.165, 1.54) is 24.3 Å². The predicted molar refractivity (Wildman–Crippen MR) is 144 cm³/mol. The van der Waals surface area contributed by atoms with Crippen molar-refractivity contribution in [3.05, 3.63) is 95.1 Å². The highest BCUT2D eigenvalue weighted by Crippen LogP contribution is 2.37. The molecule has 12 heteroatoms. The SMILES string of the molecule is CCS(=O)(=O)c1ccc(CNC(=O)c2ccc(N3CC(c4ccc(C(F)(F)F)cc4)C[C@H]3COC(F)F)cc2)cc1. The number of nitrogens with zero attached hydrogens (tertiary/aromatic N) is 1. The number of hydrogen-bond donors (Lipinski definition) is 1. The van der Waals surface area contributed by atoms with Crippen LogP contribution in [0.1, 0.15) is 46.3 Å². The van der Waals surface area contributed by atoms with Crippen molar-refractivity contribution in [1.29, 1.82) is 0 Å². The standard InChI is InChI=1S/C29H29F5N2O4S/c1-2-41(38,39)26-13-3-19(4-14-26)16-35-27(37)21-7-11-24(12-8-21)36-17-22(15-25(36)18-40-28(30)31)20-5-9-23(10-6-20)29(32,33)34/h3-14,22,25,28H,2,15-18H2,1H3,(H,35,37)/t22?,25-/m0/s1. The molecule has 3 aromatic rings. The Morgan fingerprint density at radius 2 is 1.63 bits per heavy atom. The second-order valence-electron chi connectivity index (χ2n) is 9.73. The normalized spacial score (nSPS) is 17.7. The summed E-state index contributed by atoms with van der Waals surface area (Å²) in [6, 6.07) is 17.2. The van der Waals surface area contributed by atoms with Crippen LogP contribution in [-0.4, -0.2) is 45.9 Å². The number of anilines is 1. The van der Waals surface area contributed by atoms with Crippen LogP contribution >= 0.6 is 0 Å². The van der Waals surface area contributed by atoms with E-state index in [4.69, 9.17) is 0 Å². The number of hydrogen-bond acceptors (Lipinski definition) is 5. The molecule has 220 valence electrons. The lowest BCUT2D eigenvalue weighted by molar-refractivity contribution is -0.137. The number of ether oxygens (including phenoxy) is 1. The number of carbonyl (C=O) groups is 1. The Morgan fingerprint density at radius 1 is 1.00 bits per heavy atom. The van der Waals surface area contributed by atoms with E-state index < -0.39 is 34.2 Å². The molecular weight excluding hydrogens is 567 g/mol. The van der Waals surface area contributed by atoms with Crippen LogP contribution in [0.25, 0.3) is 0 Å². The zero-order valence-corrected chi connectivity index (χ0v) is 22.9. The van der Waals surface area contributed by atoms with Crippen LogP contribution < -0.4 is 10.2 Å². The maximum Gasteiger partial charge on any atom is 0.416 e. The first-order valence-corrected chi connectivity index (χ1v) is 14.6. The van der Waals surface area contributed by atoms with Crippen molar-refractivity contribution in [3.63, 3.8) is 0 Å². The molecule has 2 atom stereocenters. The maximum atomic E-state index is 13.0. The summed E-state index contributed by atoms with van der Waals surface area (Å²) in [6.45, 7) is -1.11. The molecule has 3 aromatic carbocycles. The number of benzene rings is 3. The first-order valence-electron chi connectivity index (χ1n) is 12.9. The molecule has 1 aliphatic rings. The lowest BCUT2D eigenvalue weighted by atomic mass is 9.95. The zero-order valence-electron chi connectivity index (χ0n) is 22.1. The van der Waals surface area contributed by atoms with Gasteiger partial charge in [-0.1, -0.05) is 31.2 Å². The Balaban J connectivity index is 1.42. The van der Waals surface area contributed by atoms with E-state index in [2.05, 4.69) is 10.1 Å². The van der Waals surface area contributed by atoms with Gasteiger partial charge in [-0.15, -0.1) is 0 Å². The molecule has 1 amide bonds. The summed E-state index contributed by atoms with van der Waals surface area (Å²) in [4.78, 5) is 14.8. The number of nitrogens with one attached hydrogen (secondary N) is 1. The van der Waals surface area contributed by atoms with Gasteiger partial charge >= 0.3 is 12.8 Å². The van der Waals surface area contributed by atoms with E-state index in [1.807, 2.05) is 4.90 Å². The molecular formula is C29H29F5N2O4S. The Labute approximate surface area is 235 Å². The first kappa shape index (κ1) is 30.4. The highest BCUT2D eigenvalue weighted by molar-refractivity contribution is 7.91. The largest absolute Gasteiger partial charge is 0.416 e. The number of rotatable bonds is 10. The van der Waals surface area contributed by atoms with Gasteiger partial charge in [0.25, 0.3) is 5.91 Å². The molecule has 1 saturated heterocycles. The van der Waals surface area contributed by atoms with Gasteiger partial charge in [0.1, 0.15) is 0 Å². The molecule has 41 heavy (non-hydrogen) atoms. The van der Waals surface area contributed by atoms with E-state index in [0.717, 1.165) is 17.7 Å². The number of carbonyl (C=O) groups excluding carboxylic acids is 1. The van der Waals surface area contributed by atoms with Gasteiger partial charge in [-0.25, -0.2) is 8.42 Å². The molecule has 4 rings (SSSR count). The molecule has 1 aliphatic heterocycles.